The average molecular weight is 665 g/mol. The summed E-state index contributed by atoms with van der Waals surface area (Å²) < 4.78 is 11.2. The van der Waals surface area contributed by atoms with Crippen LogP contribution < -0.4 is 10.9 Å². The van der Waals surface area contributed by atoms with E-state index in [0.717, 1.165) is 11.6 Å². The van der Waals surface area contributed by atoms with Crippen LogP contribution in [0.25, 0.3) is 33.4 Å². The van der Waals surface area contributed by atoms with Crippen molar-refractivity contribution in [3.05, 3.63) is 101 Å². The topological polar surface area (TPSA) is 132 Å². The highest BCUT2D eigenvalue weighted by molar-refractivity contribution is 6.76. The smallest absolute Gasteiger partial charge is 0.282 e. The van der Waals surface area contributed by atoms with E-state index in [9.17, 15) is 14.7 Å². The number of benzene rings is 2. The fourth-order valence-corrected chi connectivity index (χ4v) is 6.40. The molecule has 4 aromatic heterocycles. The van der Waals surface area contributed by atoms with Crippen LogP contribution in [0.3, 0.4) is 0 Å². The third-order valence-electron chi connectivity index (χ3n) is 8.15. The van der Waals surface area contributed by atoms with Gasteiger partial charge in [-0.05, 0) is 60.5 Å². The summed E-state index contributed by atoms with van der Waals surface area (Å²) in [5.74, 6) is 0.703. The second-order valence-electron chi connectivity index (χ2n) is 13.3. The number of nitrogens with zero attached hydrogens (tertiary/aromatic N) is 7. The monoisotopic (exact) mass is 664 g/mol. The first-order chi connectivity index (χ1) is 22.9. The number of hydrogen-bond acceptors (Lipinski definition) is 8. The van der Waals surface area contributed by atoms with Gasteiger partial charge in [-0.2, -0.15) is 5.10 Å². The van der Waals surface area contributed by atoms with Gasteiger partial charge in [0.25, 0.3) is 11.5 Å². The van der Waals surface area contributed by atoms with E-state index in [1.54, 1.807) is 41.5 Å². The highest BCUT2D eigenvalue weighted by Crippen LogP contribution is 2.36. The number of phenols is 1. The minimum Gasteiger partial charge on any atom is -0.508 e. The standard InChI is InChI=1S/C35H40N8O4Si/c1-23-12-13-42-31(23)35(46)43(26-10-8-7-9-11-26)29(39-42)19-36-32-30-28(24-16-25(18-27(44)17-24)34(45)40(2)3)20-41(33(30)38-21-37-32)22-47-14-15-48(4,5)6/h7-13,16-18,20-21,44H,14-15,19,22H2,1-6H3,(H,36,37,38). The molecular weight excluding hydrogens is 625 g/mol. The molecule has 0 saturated heterocycles. The first-order valence-electron chi connectivity index (χ1n) is 15.8. The second-order valence-corrected chi connectivity index (χ2v) is 18.9. The van der Waals surface area contributed by atoms with Gasteiger partial charge in [-0.1, -0.05) is 37.8 Å². The minimum absolute atomic E-state index is 0.0391. The van der Waals surface area contributed by atoms with Gasteiger partial charge in [0, 0.05) is 52.3 Å². The number of para-hydroxylation sites is 1. The van der Waals surface area contributed by atoms with E-state index in [2.05, 4.69) is 34.9 Å². The van der Waals surface area contributed by atoms with Gasteiger partial charge in [0.2, 0.25) is 0 Å². The Morgan fingerprint density at radius 2 is 1.83 bits per heavy atom. The van der Waals surface area contributed by atoms with Gasteiger partial charge in [-0.15, -0.1) is 0 Å². The lowest BCUT2D eigenvalue weighted by Crippen LogP contribution is -2.28. The molecule has 4 heterocycles. The largest absolute Gasteiger partial charge is 0.508 e. The molecule has 0 aliphatic carbocycles. The van der Waals surface area contributed by atoms with E-state index < -0.39 is 8.07 Å². The maximum absolute atomic E-state index is 13.8. The quantitative estimate of drug-likeness (QED) is 0.136. The Kier molecular flexibility index (Phi) is 8.90. The Morgan fingerprint density at radius 1 is 1.06 bits per heavy atom. The first-order valence-corrected chi connectivity index (χ1v) is 19.5. The van der Waals surface area contributed by atoms with Crippen molar-refractivity contribution in [3.63, 3.8) is 0 Å². The maximum atomic E-state index is 13.8. The second kappa shape index (κ2) is 13.1. The summed E-state index contributed by atoms with van der Waals surface area (Å²) in [6, 6.07) is 17.1. The zero-order chi connectivity index (χ0) is 34.2. The lowest BCUT2D eigenvalue weighted by molar-refractivity contribution is 0.0827. The molecular formula is C35H40N8O4Si. The van der Waals surface area contributed by atoms with Crippen LogP contribution in [0.1, 0.15) is 21.7 Å². The molecule has 13 heteroatoms. The summed E-state index contributed by atoms with van der Waals surface area (Å²) in [7, 11) is 2.04. The van der Waals surface area contributed by atoms with E-state index in [1.165, 1.54) is 17.3 Å². The molecule has 0 radical (unpaired) electrons. The van der Waals surface area contributed by atoms with Gasteiger partial charge in [-0.25, -0.2) is 14.5 Å². The van der Waals surface area contributed by atoms with Gasteiger partial charge >= 0.3 is 0 Å². The number of hydrogen-bond donors (Lipinski definition) is 2. The number of aromatic nitrogens is 6. The molecule has 2 aromatic carbocycles. The van der Waals surface area contributed by atoms with E-state index in [1.807, 2.05) is 54.1 Å². The highest BCUT2D eigenvalue weighted by Gasteiger charge is 2.21. The fourth-order valence-electron chi connectivity index (χ4n) is 5.64. The van der Waals surface area contributed by atoms with Crippen molar-refractivity contribution in [1.29, 1.82) is 0 Å². The Balaban J connectivity index is 1.45. The maximum Gasteiger partial charge on any atom is 0.282 e. The normalized spacial score (nSPS) is 11.8. The Hall–Kier alpha value is -5.27. The van der Waals surface area contributed by atoms with Crippen LogP contribution in [0.2, 0.25) is 25.7 Å². The Bertz CT molecular complexity index is 2180. The lowest BCUT2D eigenvalue weighted by atomic mass is 10.0. The van der Waals surface area contributed by atoms with E-state index in [0.29, 0.717) is 57.2 Å². The van der Waals surface area contributed by atoms with Crippen molar-refractivity contribution in [2.24, 2.45) is 0 Å². The molecule has 12 nitrogen and oxygen atoms in total. The molecule has 48 heavy (non-hydrogen) atoms. The lowest BCUT2D eigenvalue weighted by Gasteiger charge is -2.16. The number of nitrogens with one attached hydrogen (secondary N) is 1. The number of phenolic OH excluding ortho intramolecular Hbond substituents is 1. The van der Waals surface area contributed by atoms with Crippen LogP contribution in [0.4, 0.5) is 5.82 Å². The number of carbonyl (C=O) groups excluding carboxylic acids is 1. The number of aryl methyl sites for hydroxylation is 1. The molecule has 6 aromatic rings. The third kappa shape index (κ3) is 6.59. The summed E-state index contributed by atoms with van der Waals surface area (Å²) in [6.45, 7) is 9.85. The third-order valence-corrected chi connectivity index (χ3v) is 9.85. The number of aromatic hydroxyl groups is 1. The van der Waals surface area contributed by atoms with Crippen molar-refractivity contribution in [1.82, 2.24) is 33.6 Å². The predicted octanol–water partition coefficient (Wildman–Crippen LogP) is 5.54. The number of rotatable bonds is 11. The summed E-state index contributed by atoms with van der Waals surface area (Å²) in [6.07, 6.45) is 5.17. The van der Waals surface area contributed by atoms with Crippen LogP contribution in [-0.4, -0.2) is 73.4 Å². The number of anilines is 1. The van der Waals surface area contributed by atoms with Gasteiger partial charge in [0.1, 0.15) is 35.8 Å². The highest BCUT2D eigenvalue weighted by atomic mass is 28.3. The van der Waals surface area contributed by atoms with E-state index in [-0.39, 0.29) is 30.5 Å². The Labute approximate surface area is 279 Å². The number of fused-ring (bicyclic) bond motifs is 2. The molecule has 0 aliphatic rings. The minimum atomic E-state index is -1.30. The summed E-state index contributed by atoms with van der Waals surface area (Å²) in [5, 5.41) is 19.6. The Morgan fingerprint density at radius 3 is 2.56 bits per heavy atom. The van der Waals surface area contributed by atoms with Gasteiger partial charge in [0.15, 0.2) is 5.82 Å². The molecule has 0 unspecified atom stereocenters. The number of ether oxygens (including phenoxy) is 1. The molecule has 248 valence electrons. The van der Waals surface area contributed by atoms with Crippen molar-refractivity contribution in [2.75, 3.05) is 26.0 Å². The zero-order valence-corrected chi connectivity index (χ0v) is 29.1. The SMILES string of the molecule is Cc1ccn2nc(CNc3ncnc4c3c(-c3cc(O)cc(C(=O)N(C)C)c3)cn4COCC[Si](C)(C)C)n(-c3ccccc3)c(=O)c12. The molecule has 0 spiro atoms. The van der Waals surface area contributed by atoms with E-state index >= 15 is 0 Å². The van der Waals surface area contributed by atoms with Crippen molar-refractivity contribution < 1.29 is 14.6 Å². The van der Waals surface area contributed by atoms with Crippen LogP contribution in [0, 0.1) is 6.92 Å². The van der Waals surface area contributed by atoms with Crippen LogP contribution in [0.15, 0.2) is 78.1 Å². The summed E-state index contributed by atoms with van der Waals surface area (Å²) in [5.41, 5.74) is 4.15. The van der Waals surface area contributed by atoms with Gasteiger partial charge in [-0.3, -0.25) is 14.2 Å². The molecule has 1 amide bonds. The molecule has 0 saturated carbocycles. The molecule has 0 aliphatic heterocycles. The van der Waals surface area contributed by atoms with Crippen LogP contribution in [-0.2, 0) is 18.0 Å². The first kappa shape index (κ1) is 32.7. The molecule has 6 rings (SSSR count). The fraction of sp³-hybridized carbons (Fsp3) is 0.286. The van der Waals surface area contributed by atoms with Gasteiger partial charge < -0.3 is 24.6 Å². The molecule has 0 bridgehead atoms. The van der Waals surface area contributed by atoms with Crippen LogP contribution >= 0.6 is 0 Å². The van der Waals surface area contributed by atoms with Crippen LogP contribution in [0.5, 0.6) is 5.75 Å². The zero-order valence-electron chi connectivity index (χ0n) is 28.1. The van der Waals surface area contributed by atoms with Crippen molar-refractivity contribution in [2.45, 2.75) is 45.9 Å². The summed E-state index contributed by atoms with van der Waals surface area (Å²) in [4.78, 5) is 37.5. The predicted molar refractivity (Wildman–Crippen MR) is 190 cm³/mol. The number of amides is 1. The van der Waals surface area contributed by atoms with Crippen molar-refractivity contribution >= 4 is 36.3 Å². The average Bonchev–Trinajstić information content (AvgIpc) is 3.62. The van der Waals surface area contributed by atoms with Gasteiger partial charge in [0.05, 0.1) is 17.6 Å². The molecule has 2 N–H and O–H groups in total. The molecule has 0 fully saturated rings. The van der Waals surface area contributed by atoms with E-state index in [4.69, 9.17) is 9.84 Å². The number of carbonyl (C=O) groups is 1. The summed E-state index contributed by atoms with van der Waals surface area (Å²) >= 11 is 0. The molecule has 0 atom stereocenters. The van der Waals surface area contributed by atoms with Crippen molar-refractivity contribution in [3.8, 4) is 22.6 Å².